The number of nitrogens with zero attached hydrogens (tertiary/aromatic N) is 2. The van der Waals surface area contributed by atoms with E-state index < -0.39 is 0 Å². The monoisotopic (exact) mass is 422 g/mol. The van der Waals surface area contributed by atoms with Crippen molar-refractivity contribution in [2.24, 2.45) is 0 Å². The first kappa shape index (κ1) is 18.2. The summed E-state index contributed by atoms with van der Waals surface area (Å²) in [5, 5.41) is 0.631. The summed E-state index contributed by atoms with van der Waals surface area (Å²) in [7, 11) is 0. The fraction of sp³-hybridized carbons (Fsp3) is 0.316. The Labute approximate surface area is 161 Å². The molecular weight excluding hydrogens is 404 g/mol. The van der Waals surface area contributed by atoms with Crippen molar-refractivity contribution in [3.05, 3.63) is 63.6 Å². The van der Waals surface area contributed by atoms with Crippen molar-refractivity contribution in [1.82, 2.24) is 9.80 Å². The lowest BCUT2D eigenvalue weighted by molar-refractivity contribution is 0.0619. The highest BCUT2D eigenvalue weighted by molar-refractivity contribution is 9.10. The molecule has 25 heavy (non-hydrogen) atoms. The Balaban J connectivity index is 1.45. The number of rotatable bonds is 5. The minimum absolute atomic E-state index is 0.0828. The van der Waals surface area contributed by atoms with Crippen molar-refractivity contribution in [3.63, 3.8) is 0 Å². The second kappa shape index (κ2) is 8.70. The zero-order chi connectivity index (χ0) is 17.6. The van der Waals surface area contributed by atoms with E-state index >= 15 is 0 Å². The molecule has 1 aliphatic heterocycles. The molecule has 0 N–H and O–H groups in total. The van der Waals surface area contributed by atoms with Gasteiger partial charge in [0.05, 0.1) is 10.6 Å². The Kier molecular flexibility index (Phi) is 6.34. The number of carbonyl (C=O) groups is 1. The highest BCUT2D eigenvalue weighted by atomic mass is 79.9. The Morgan fingerprint density at radius 1 is 1.04 bits per heavy atom. The minimum Gasteiger partial charge on any atom is -0.491 e. The molecule has 2 aromatic rings. The topological polar surface area (TPSA) is 32.8 Å². The molecule has 0 unspecified atom stereocenters. The normalized spacial score (nSPS) is 15.2. The first-order valence-corrected chi connectivity index (χ1v) is 9.46. The smallest absolute Gasteiger partial charge is 0.255 e. The average molecular weight is 424 g/mol. The molecule has 1 saturated heterocycles. The Bertz CT molecular complexity index is 733. The fourth-order valence-electron chi connectivity index (χ4n) is 2.83. The number of hydrogen-bond acceptors (Lipinski definition) is 3. The van der Waals surface area contributed by atoms with Gasteiger partial charge in [-0.05, 0) is 40.2 Å². The van der Waals surface area contributed by atoms with Gasteiger partial charge in [-0.3, -0.25) is 9.69 Å². The minimum atomic E-state index is 0.0828. The maximum atomic E-state index is 12.6. The third-order valence-electron chi connectivity index (χ3n) is 4.27. The molecule has 4 nitrogen and oxygen atoms in total. The zero-order valence-corrected chi connectivity index (χ0v) is 16.2. The molecule has 0 aliphatic carbocycles. The Morgan fingerprint density at radius 3 is 2.44 bits per heavy atom. The van der Waals surface area contributed by atoms with E-state index in [9.17, 15) is 4.79 Å². The molecular formula is C19H20BrClN2O2. The first-order chi connectivity index (χ1) is 12.1. The number of hydrogen-bond donors (Lipinski definition) is 0. The van der Waals surface area contributed by atoms with Crippen molar-refractivity contribution < 1.29 is 9.53 Å². The number of para-hydroxylation sites is 1. The molecule has 0 saturated carbocycles. The number of carbonyl (C=O) groups excluding carboxylic acids is 1. The van der Waals surface area contributed by atoms with Crippen LogP contribution >= 0.6 is 27.5 Å². The van der Waals surface area contributed by atoms with Crippen molar-refractivity contribution >= 4 is 33.4 Å². The lowest BCUT2D eigenvalue weighted by atomic mass is 10.2. The van der Waals surface area contributed by atoms with E-state index in [1.807, 2.05) is 53.4 Å². The fourth-order valence-corrected chi connectivity index (χ4v) is 3.47. The molecule has 6 heteroatoms. The molecule has 0 atom stereocenters. The number of benzene rings is 2. The molecule has 0 aromatic heterocycles. The van der Waals surface area contributed by atoms with Gasteiger partial charge in [0.25, 0.3) is 5.91 Å². The quantitative estimate of drug-likeness (QED) is 0.730. The van der Waals surface area contributed by atoms with E-state index in [0.717, 1.165) is 42.8 Å². The SMILES string of the molecule is O=C(c1ccccc1Br)N1CCN(CCOc2ccccc2Cl)CC1. The van der Waals surface area contributed by atoms with Gasteiger partial charge in [0.1, 0.15) is 12.4 Å². The van der Waals surface area contributed by atoms with Crippen LogP contribution in [0.2, 0.25) is 5.02 Å². The van der Waals surface area contributed by atoms with Crippen LogP contribution in [0.25, 0.3) is 0 Å². The molecule has 132 valence electrons. The molecule has 1 fully saturated rings. The van der Waals surface area contributed by atoms with E-state index in [0.29, 0.717) is 17.4 Å². The number of amides is 1. The van der Waals surface area contributed by atoms with E-state index in [4.69, 9.17) is 16.3 Å². The van der Waals surface area contributed by atoms with E-state index in [-0.39, 0.29) is 5.91 Å². The third kappa shape index (κ3) is 4.75. The molecule has 0 spiro atoms. The number of piperazine rings is 1. The van der Waals surface area contributed by atoms with Crippen LogP contribution in [0.5, 0.6) is 5.75 Å². The standard InChI is InChI=1S/C19H20BrClN2O2/c20-16-6-2-1-5-15(16)19(24)23-11-9-22(10-12-23)13-14-25-18-8-4-3-7-17(18)21/h1-8H,9-14H2. The summed E-state index contributed by atoms with van der Waals surface area (Å²) in [6.07, 6.45) is 0. The van der Waals surface area contributed by atoms with Crippen LogP contribution in [0.15, 0.2) is 53.0 Å². The maximum Gasteiger partial charge on any atom is 0.255 e. The van der Waals surface area contributed by atoms with Gasteiger partial charge >= 0.3 is 0 Å². The second-order valence-corrected chi connectivity index (χ2v) is 7.15. The second-order valence-electron chi connectivity index (χ2n) is 5.89. The highest BCUT2D eigenvalue weighted by Crippen LogP contribution is 2.23. The van der Waals surface area contributed by atoms with Crippen molar-refractivity contribution in [2.45, 2.75) is 0 Å². The summed E-state index contributed by atoms with van der Waals surface area (Å²) in [5.74, 6) is 0.798. The summed E-state index contributed by atoms with van der Waals surface area (Å²) in [4.78, 5) is 16.8. The summed E-state index contributed by atoms with van der Waals surface area (Å²) in [5.41, 5.74) is 0.720. The Hall–Kier alpha value is -1.56. The molecule has 0 radical (unpaired) electrons. The summed E-state index contributed by atoms with van der Waals surface area (Å²) in [6, 6.07) is 15.0. The van der Waals surface area contributed by atoms with Crippen LogP contribution in [-0.2, 0) is 0 Å². The van der Waals surface area contributed by atoms with Gasteiger partial charge in [-0.25, -0.2) is 0 Å². The molecule has 1 amide bonds. The molecule has 2 aromatic carbocycles. The molecule has 3 rings (SSSR count). The highest BCUT2D eigenvalue weighted by Gasteiger charge is 2.23. The summed E-state index contributed by atoms with van der Waals surface area (Å²) < 4.78 is 6.58. The molecule has 1 aliphatic rings. The van der Waals surface area contributed by atoms with Gasteiger partial charge in [-0.1, -0.05) is 35.9 Å². The predicted molar refractivity (Wildman–Crippen MR) is 103 cm³/mol. The van der Waals surface area contributed by atoms with Crippen LogP contribution in [0, 0.1) is 0 Å². The van der Waals surface area contributed by atoms with E-state index in [2.05, 4.69) is 20.8 Å². The maximum absolute atomic E-state index is 12.6. The van der Waals surface area contributed by atoms with Gasteiger partial charge in [0, 0.05) is 37.2 Å². The summed E-state index contributed by atoms with van der Waals surface area (Å²) >= 11 is 9.54. The number of ether oxygens (including phenoxy) is 1. The Morgan fingerprint density at radius 2 is 1.72 bits per heavy atom. The van der Waals surface area contributed by atoms with Crippen molar-refractivity contribution in [2.75, 3.05) is 39.3 Å². The van der Waals surface area contributed by atoms with Gasteiger partial charge in [0.2, 0.25) is 0 Å². The van der Waals surface area contributed by atoms with Gasteiger partial charge < -0.3 is 9.64 Å². The first-order valence-electron chi connectivity index (χ1n) is 8.28. The predicted octanol–water partition coefficient (Wildman–Crippen LogP) is 3.94. The van der Waals surface area contributed by atoms with Crippen molar-refractivity contribution in [3.8, 4) is 5.75 Å². The van der Waals surface area contributed by atoms with Gasteiger partial charge in [-0.2, -0.15) is 0 Å². The van der Waals surface area contributed by atoms with Crippen LogP contribution in [-0.4, -0.2) is 55.0 Å². The van der Waals surface area contributed by atoms with Crippen LogP contribution in [0.4, 0.5) is 0 Å². The van der Waals surface area contributed by atoms with Gasteiger partial charge in [0.15, 0.2) is 0 Å². The summed E-state index contributed by atoms with van der Waals surface area (Å²) in [6.45, 7) is 4.56. The van der Waals surface area contributed by atoms with Crippen LogP contribution in [0.1, 0.15) is 10.4 Å². The number of halogens is 2. The lowest BCUT2D eigenvalue weighted by Gasteiger charge is -2.34. The lowest BCUT2D eigenvalue weighted by Crippen LogP contribution is -2.49. The average Bonchev–Trinajstić information content (AvgIpc) is 2.64. The largest absolute Gasteiger partial charge is 0.491 e. The van der Waals surface area contributed by atoms with E-state index in [1.54, 1.807) is 0 Å². The molecule has 0 bridgehead atoms. The third-order valence-corrected chi connectivity index (χ3v) is 5.27. The van der Waals surface area contributed by atoms with Crippen LogP contribution in [0.3, 0.4) is 0 Å². The zero-order valence-electron chi connectivity index (χ0n) is 13.8. The van der Waals surface area contributed by atoms with Gasteiger partial charge in [-0.15, -0.1) is 0 Å². The van der Waals surface area contributed by atoms with Crippen LogP contribution < -0.4 is 4.74 Å². The molecule has 1 heterocycles. The van der Waals surface area contributed by atoms with E-state index in [1.165, 1.54) is 0 Å². The van der Waals surface area contributed by atoms with Crippen molar-refractivity contribution in [1.29, 1.82) is 0 Å².